The van der Waals surface area contributed by atoms with Gasteiger partial charge in [0, 0.05) is 51.4 Å². The Bertz CT molecular complexity index is 2080. The fourth-order valence-corrected chi connectivity index (χ4v) is 5.58. The lowest BCUT2D eigenvalue weighted by molar-refractivity contribution is 0.669. The van der Waals surface area contributed by atoms with E-state index in [9.17, 15) is 0 Å². The maximum Gasteiger partial charge on any atom is 0.138 e. The molecule has 0 amide bonds. The number of benzene rings is 3. The first-order valence-corrected chi connectivity index (χ1v) is 15.3. The SMILES string of the molecule is C=c1ccccc(=C)c2c(cc1N(C(/C=C\C)=C/C)c1ccccc1)oc1cc(N(C(/C=C\C)=C/C)c3ccccc3)ccc12. The van der Waals surface area contributed by atoms with Crippen molar-refractivity contribution in [3.8, 4) is 0 Å². The third-order valence-corrected chi connectivity index (χ3v) is 7.64. The van der Waals surface area contributed by atoms with Gasteiger partial charge in [-0.2, -0.15) is 0 Å². The molecule has 0 radical (unpaired) electrons. The molecule has 3 heteroatoms. The van der Waals surface area contributed by atoms with Crippen LogP contribution in [0.5, 0.6) is 0 Å². The van der Waals surface area contributed by atoms with Crippen molar-refractivity contribution in [2.45, 2.75) is 27.7 Å². The summed E-state index contributed by atoms with van der Waals surface area (Å²) in [6.45, 7) is 17.1. The molecule has 1 aromatic heterocycles. The summed E-state index contributed by atoms with van der Waals surface area (Å²) in [6.07, 6.45) is 12.6. The van der Waals surface area contributed by atoms with E-state index in [2.05, 4.69) is 146 Å². The van der Waals surface area contributed by atoms with Gasteiger partial charge in [0.25, 0.3) is 0 Å². The topological polar surface area (TPSA) is 19.6 Å². The van der Waals surface area contributed by atoms with Crippen molar-refractivity contribution < 1.29 is 4.42 Å². The molecule has 0 spiro atoms. The van der Waals surface area contributed by atoms with E-state index in [1.165, 1.54) is 0 Å². The quantitative estimate of drug-likeness (QED) is 0.168. The Morgan fingerprint density at radius 2 is 1.09 bits per heavy atom. The van der Waals surface area contributed by atoms with Crippen LogP contribution in [0.4, 0.5) is 22.7 Å². The van der Waals surface area contributed by atoms with Gasteiger partial charge in [0.15, 0.2) is 0 Å². The Kier molecular flexibility index (Phi) is 9.81. The van der Waals surface area contributed by atoms with E-state index in [1.54, 1.807) is 0 Å². The smallest absolute Gasteiger partial charge is 0.138 e. The Labute approximate surface area is 266 Å². The number of furan rings is 1. The Morgan fingerprint density at radius 1 is 0.556 bits per heavy atom. The molecule has 0 unspecified atom stereocenters. The molecule has 1 heterocycles. The van der Waals surface area contributed by atoms with Crippen LogP contribution in [-0.4, -0.2) is 0 Å². The highest BCUT2D eigenvalue weighted by molar-refractivity contribution is 6.06. The maximum atomic E-state index is 6.77. The van der Waals surface area contributed by atoms with Crippen LogP contribution in [0.3, 0.4) is 0 Å². The van der Waals surface area contributed by atoms with Crippen LogP contribution in [0.1, 0.15) is 27.7 Å². The van der Waals surface area contributed by atoms with E-state index in [0.29, 0.717) is 0 Å². The van der Waals surface area contributed by atoms with E-state index in [-0.39, 0.29) is 0 Å². The summed E-state index contributed by atoms with van der Waals surface area (Å²) in [5, 5.41) is 3.69. The summed E-state index contributed by atoms with van der Waals surface area (Å²) in [5.74, 6) is 0. The second kappa shape index (κ2) is 14.3. The molecule has 0 aliphatic heterocycles. The fourth-order valence-electron chi connectivity index (χ4n) is 5.58. The molecule has 5 aromatic rings. The van der Waals surface area contributed by atoms with Crippen LogP contribution in [0.15, 0.2) is 161 Å². The number of hydrogen-bond acceptors (Lipinski definition) is 3. The molecule has 0 saturated heterocycles. The minimum absolute atomic E-state index is 0.728. The van der Waals surface area contributed by atoms with Crippen LogP contribution in [0, 0.1) is 0 Å². The summed E-state index contributed by atoms with van der Waals surface area (Å²) >= 11 is 0. The third-order valence-electron chi connectivity index (χ3n) is 7.64. The van der Waals surface area contributed by atoms with Crippen LogP contribution in [0.2, 0.25) is 0 Å². The lowest BCUT2D eigenvalue weighted by Gasteiger charge is -2.26. The molecular weight excluding hydrogens is 548 g/mol. The number of nitrogens with zero attached hydrogens (tertiary/aromatic N) is 2. The highest BCUT2D eigenvalue weighted by atomic mass is 16.3. The van der Waals surface area contributed by atoms with Gasteiger partial charge < -0.3 is 14.2 Å². The van der Waals surface area contributed by atoms with Gasteiger partial charge in [-0.25, -0.2) is 0 Å². The van der Waals surface area contributed by atoms with E-state index >= 15 is 0 Å². The number of rotatable bonds is 8. The molecule has 0 aliphatic carbocycles. The highest BCUT2D eigenvalue weighted by Crippen LogP contribution is 2.36. The molecule has 0 bridgehead atoms. The minimum atomic E-state index is 0.728. The second-order valence-electron chi connectivity index (χ2n) is 10.6. The largest absolute Gasteiger partial charge is 0.456 e. The first-order chi connectivity index (χ1) is 22.0. The average Bonchev–Trinajstić information content (AvgIpc) is 3.43. The highest BCUT2D eigenvalue weighted by Gasteiger charge is 2.17. The molecule has 0 aliphatic rings. The number of allylic oxidation sites excluding steroid dienone is 6. The monoisotopic (exact) mass is 588 g/mol. The van der Waals surface area contributed by atoms with Gasteiger partial charge in [-0.3, -0.25) is 0 Å². The summed E-state index contributed by atoms with van der Waals surface area (Å²) in [5.41, 5.74) is 7.60. The van der Waals surface area contributed by atoms with E-state index in [1.807, 2.05) is 50.2 Å². The molecule has 0 N–H and O–H groups in total. The van der Waals surface area contributed by atoms with Crippen LogP contribution in [-0.2, 0) is 0 Å². The molecule has 0 fully saturated rings. The van der Waals surface area contributed by atoms with E-state index in [4.69, 9.17) is 4.42 Å². The predicted octanol–water partition coefficient (Wildman–Crippen LogP) is 10.8. The van der Waals surface area contributed by atoms with Crippen molar-refractivity contribution in [3.05, 3.63) is 167 Å². The number of para-hydroxylation sites is 2. The van der Waals surface area contributed by atoms with Gasteiger partial charge >= 0.3 is 0 Å². The number of anilines is 4. The van der Waals surface area contributed by atoms with E-state index < -0.39 is 0 Å². The second-order valence-corrected chi connectivity index (χ2v) is 10.6. The minimum Gasteiger partial charge on any atom is -0.456 e. The summed E-state index contributed by atoms with van der Waals surface area (Å²) in [6, 6.07) is 37.3. The van der Waals surface area contributed by atoms with Crippen molar-refractivity contribution in [3.63, 3.8) is 0 Å². The molecule has 0 atom stereocenters. The molecule has 5 rings (SSSR count). The lowest BCUT2D eigenvalue weighted by Crippen LogP contribution is -2.20. The fraction of sp³-hybridized carbons (Fsp3) is 0.0952. The van der Waals surface area contributed by atoms with Gasteiger partial charge in [0.2, 0.25) is 0 Å². The molecule has 4 aromatic carbocycles. The first-order valence-electron chi connectivity index (χ1n) is 15.3. The average molecular weight is 589 g/mol. The van der Waals surface area contributed by atoms with Gasteiger partial charge in [0.1, 0.15) is 11.2 Å². The zero-order valence-electron chi connectivity index (χ0n) is 26.6. The standard InChI is InChI=1S/C42H40N2O/c1-7-19-33(9-3)43(35-23-13-11-14-24-35)37-27-28-38-40(29-37)45-41-30-39(31(5)21-17-18-22-32(6)42(38)41)44(34(10-4)20-8-2)36-25-15-12-16-26-36/h7-30H,5-6H2,1-4H3/b19-7-,20-8-,21-17?,22-18?,33-9+,34-10+,39-30?. The van der Waals surface area contributed by atoms with Crippen molar-refractivity contribution in [2.75, 3.05) is 9.80 Å². The molecule has 45 heavy (non-hydrogen) atoms. The van der Waals surface area contributed by atoms with Crippen LogP contribution in [0.25, 0.3) is 35.1 Å². The zero-order valence-corrected chi connectivity index (χ0v) is 26.6. The maximum absolute atomic E-state index is 6.77. The van der Waals surface area contributed by atoms with E-state index in [0.717, 1.165) is 66.5 Å². The molecule has 224 valence electrons. The Hall–Kier alpha value is -5.54. The Morgan fingerprint density at radius 3 is 1.67 bits per heavy atom. The summed E-state index contributed by atoms with van der Waals surface area (Å²) < 4.78 is 6.77. The molecule has 0 saturated carbocycles. The molecular formula is C42H40N2O. The predicted molar refractivity (Wildman–Crippen MR) is 196 cm³/mol. The first kappa shape index (κ1) is 30.9. The third kappa shape index (κ3) is 6.53. The van der Waals surface area contributed by atoms with Gasteiger partial charge in [-0.15, -0.1) is 0 Å². The summed E-state index contributed by atoms with van der Waals surface area (Å²) in [7, 11) is 0. The van der Waals surface area contributed by atoms with Crippen LogP contribution < -0.4 is 20.2 Å². The van der Waals surface area contributed by atoms with Crippen molar-refractivity contribution in [1.82, 2.24) is 0 Å². The van der Waals surface area contributed by atoms with Crippen molar-refractivity contribution in [2.24, 2.45) is 0 Å². The van der Waals surface area contributed by atoms with Gasteiger partial charge in [-0.1, -0.05) is 98.1 Å². The van der Waals surface area contributed by atoms with Gasteiger partial charge in [0.05, 0.1) is 5.69 Å². The van der Waals surface area contributed by atoms with Crippen LogP contribution >= 0.6 is 0 Å². The summed E-state index contributed by atoms with van der Waals surface area (Å²) in [4.78, 5) is 4.46. The zero-order chi connectivity index (χ0) is 31.8. The van der Waals surface area contributed by atoms with Crippen molar-refractivity contribution in [1.29, 1.82) is 0 Å². The Balaban J connectivity index is 1.85. The van der Waals surface area contributed by atoms with Crippen molar-refractivity contribution >= 4 is 57.8 Å². The normalized spacial score (nSPS) is 12.3. The number of hydrogen-bond donors (Lipinski definition) is 0. The lowest BCUT2D eigenvalue weighted by atomic mass is 10.1. The number of fused-ring (bicyclic) bond motifs is 3. The molecule has 3 nitrogen and oxygen atoms in total. The van der Waals surface area contributed by atoms with Gasteiger partial charge in [-0.05, 0) is 86.7 Å².